The lowest BCUT2D eigenvalue weighted by Gasteiger charge is -2.66. The number of aliphatic hydroxyl groups is 3. The molecule has 2 bridgehead atoms. The summed E-state index contributed by atoms with van der Waals surface area (Å²) in [6, 6.07) is 0. The summed E-state index contributed by atoms with van der Waals surface area (Å²) in [5.41, 5.74) is -4.42. The fraction of sp³-hybridized carbons (Fsp3) is 0.714. The predicted octanol–water partition coefficient (Wildman–Crippen LogP) is 1.01. The number of Topliss-reactive ketones (excluding diaryl/α,β-unsaturated/α-hetero) is 1. The average Bonchev–Trinajstić information content (AvgIpc) is 3.18. The Morgan fingerprint density at radius 2 is 1.87 bits per heavy atom. The van der Waals surface area contributed by atoms with E-state index in [9.17, 15) is 34.5 Å². The minimum absolute atomic E-state index is 0.0195. The van der Waals surface area contributed by atoms with Gasteiger partial charge in [-0.05, 0) is 37.2 Å². The normalized spacial score (nSPS) is 46.6. The van der Waals surface area contributed by atoms with Crippen LogP contribution in [0.25, 0.3) is 0 Å². The maximum atomic E-state index is 13.7. The molecule has 5 rings (SSSR count). The molecule has 0 aromatic heterocycles. The van der Waals surface area contributed by atoms with Crippen molar-refractivity contribution in [2.24, 2.45) is 40.4 Å². The van der Waals surface area contributed by atoms with Crippen molar-refractivity contribution in [2.45, 2.75) is 71.1 Å². The Bertz CT molecular complexity index is 1190. The van der Waals surface area contributed by atoms with Gasteiger partial charge in [0.2, 0.25) is 17.5 Å². The first-order valence-electron chi connectivity index (χ1n) is 13.3. The number of rotatable bonds is 4. The highest BCUT2D eigenvalue weighted by atomic mass is 16.6. The van der Waals surface area contributed by atoms with Crippen LogP contribution >= 0.6 is 0 Å². The molecule has 3 aliphatic carbocycles. The second-order valence-electron chi connectivity index (χ2n) is 12.3. The van der Waals surface area contributed by atoms with Crippen LogP contribution in [0.15, 0.2) is 23.5 Å². The number of ether oxygens (including phenoxy) is 4. The molecular weight excluding hydrogens is 512 g/mol. The Morgan fingerprint density at radius 3 is 2.49 bits per heavy atom. The van der Waals surface area contributed by atoms with Gasteiger partial charge < -0.3 is 34.3 Å². The molecule has 1 spiro atoms. The van der Waals surface area contributed by atoms with Gasteiger partial charge in [0.25, 0.3) is 0 Å². The van der Waals surface area contributed by atoms with Gasteiger partial charge in [-0.15, -0.1) is 0 Å². The molecular formula is C28H36O11. The van der Waals surface area contributed by atoms with Crippen LogP contribution in [-0.4, -0.2) is 82.7 Å². The predicted molar refractivity (Wildman–Crippen MR) is 132 cm³/mol. The molecule has 0 amide bonds. The number of carbonyl (C=O) groups is 4. The number of aliphatic hydroxyl groups excluding tert-OH is 3. The smallest absolute Gasteiger partial charge is 0.348 e. The summed E-state index contributed by atoms with van der Waals surface area (Å²) in [6.07, 6.45) is -3.41. The molecule has 214 valence electrons. The number of methoxy groups -OCH3 is 1. The van der Waals surface area contributed by atoms with E-state index in [2.05, 4.69) is 0 Å². The molecule has 0 aromatic carbocycles. The largest absolute Gasteiger partial charge is 0.505 e. The van der Waals surface area contributed by atoms with E-state index in [0.29, 0.717) is 5.57 Å². The second kappa shape index (κ2) is 8.87. The van der Waals surface area contributed by atoms with Crippen LogP contribution in [0.4, 0.5) is 0 Å². The second-order valence-corrected chi connectivity index (χ2v) is 12.3. The Labute approximate surface area is 226 Å². The number of hydrogen-bond acceptors (Lipinski definition) is 11. The van der Waals surface area contributed by atoms with Crippen molar-refractivity contribution in [1.82, 2.24) is 0 Å². The molecule has 11 nitrogen and oxygen atoms in total. The first-order chi connectivity index (χ1) is 18.2. The molecule has 2 unspecified atom stereocenters. The van der Waals surface area contributed by atoms with Gasteiger partial charge in [-0.25, -0.2) is 14.4 Å². The lowest BCUT2D eigenvalue weighted by atomic mass is 9.37. The van der Waals surface area contributed by atoms with E-state index in [1.54, 1.807) is 13.8 Å². The Balaban J connectivity index is 1.72. The first kappa shape index (κ1) is 27.8. The Morgan fingerprint density at radius 1 is 1.21 bits per heavy atom. The van der Waals surface area contributed by atoms with Crippen molar-refractivity contribution in [2.75, 3.05) is 13.7 Å². The molecule has 5 aliphatic rings. The highest BCUT2D eigenvalue weighted by Gasteiger charge is 2.85. The molecule has 11 atom stereocenters. The average molecular weight is 549 g/mol. The highest BCUT2D eigenvalue weighted by Crippen LogP contribution is 2.72. The van der Waals surface area contributed by atoms with Crippen molar-refractivity contribution in [3.8, 4) is 0 Å². The highest BCUT2D eigenvalue weighted by molar-refractivity contribution is 6.00. The number of hydrogen-bond donors (Lipinski definition) is 3. The van der Waals surface area contributed by atoms with Crippen LogP contribution in [0.2, 0.25) is 0 Å². The Hall–Kier alpha value is -2.76. The third kappa shape index (κ3) is 3.32. The van der Waals surface area contributed by atoms with Gasteiger partial charge in [0, 0.05) is 22.8 Å². The lowest BCUT2D eigenvalue weighted by Crippen LogP contribution is -2.80. The zero-order valence-corrected chi connectivity index (χ0v) is 22.9. The standard InChI is InChI=1S/C28H36O11/c1-11(2)12(3)8-17(30)39-19-21-27-10-37-28(21,25(35)36-6)23(33)18(31)20(27)26(5)14(9-16(27)38-24(19)34)13(4)7-15(29)22(26)32/h7-8,11,13-14,16,18-21,23,29,31,33H,9-10H2,1-6H3/b12-8+/t13?,14-,16+,18+,19+,20+,21?,23-,26-,27+,28+/m0/s1. The topological polar surface area (TPSA) is 166 Å². The number of esters is 3. The molecule has 4 fully saturated rings. The van der Waals surface area contributed by atoms with Crippen LogP contribution in [-0.2, 0) is 38.1 Å². The first-order valence-corrected chi connectivity index (χ1v) is 13.3. The quantitative estimate of drug-likeness (QED) is 0.261. The number of fused-ring (bicyclic) bond motifs is 2. The van der Waals surface area contributed by atoms with E-state index in [1.807, 2.05) is 20.8 Å². The van der Waals surface area contributed by atoms with Crippen LogP contribution in [0.5, 0.6) is 0 Å². The number of ketones is 1. The molecule has 39 heavy (non-hydrogen) atoms. The maximum Gasteiger partial charge on any atom is 0.348 e. The zero-order valence-electron chi connectivity index (χ0n) is 22.9. The summed E-state index contributed by atoms with van der Waals surface area (Å²) in [5, 5.41) is 33.8. The van der Waals surface area contributed by atoms with Crippen molar-refractivity contribution < 1.29 is 53.4 Å². The third-order valence-corrected chi connectivity index (χ3v) is 10.3. The molecule has 2 saturated carbocycles. The maximum absolute atomic E-state index is 13.7. The van der Waals surface area contributed by atoms with Crippen LogP contribution in [0, 0.1) is 40.4 Å². The molecule has 0 radical (unpaired) electrons. The fourth-order valence-corrected chi connectivity index (χ4v) is 8.35. The van der Waals surface area contributed by atoms with E-state index >= 15 is 0 Å². The number of allylic oxidation sites excluding steroid dienone is 3. The summed E-state index contributed by atoms with van der Waals surface area (Å²) in [7, 11) is 1.08. The van der Waals surface area contributed by atoms with Gasteiger partial charge in [-0.3, -0.25) is 4.79 Å². The molecule has 11 heteroatoms. The van der Waals surface area contributed by atoms with Gasteiger partial charge in [0.1, 0.15) is 12.2 Å². The van der Waals surface area contributed by atoms with E-state index in [0.717, 1.165) is 7.11 Å². The van der Waals surface area contributed by atoms with Gasteiger partial charge in [0.05, 0.1) is 25.7 Å². The lowest BCUT2D eigenvalue weighted by molar-refractivity contribution is -0.289. The van der Waals surface area contributed by atoms with Crippen molar-refractivity contribution in [1.29, 1.82) is 0 Å². The van der Waals surface area contributed by atoms with Crippen LogP contribution in [0.3, 0.4) is 0 Å². The van der Waals surface area contributed by atoms with E-state index in [4.69, 9.17) is 18.9 Å². The van der Waals surface area contributed by atoms with Gasteiger partial charge >= 0.3 is 17.9 Å². The third-order valence-electron chi connectivity index (χ3n) is 10.3. The SMILES string of the molecule is COC(=O)[C@@]12OC[C@@]34C1[C@@H](OC(=O)/C=C(\C)C(C)C)C(=O)O[C@@H]3C[C@H]1C(C)C=C(O)C(=O)[C@]1(C)[C@H]4[C@@H](O)[C@@H]2O. The summed E-state index contributed by atoms with van der Waals surface area (Å²) in [4.78, 5) is 53.5. The summed E-state index contributed by atoms with van der Waals surface area (Å²) >= 11 is 0. The molecule has 2 heterocycles. The summed E-state index contributed by atoms with van der Waals surface area (Å²) < 4.78 is 22.6. The van der Waals surface area contributed by atoms with E-state index in [-0.39, 0.29) is 24.9 Å². The monoisotopic (exact) mass is 548 g/mol. The van der Waals surface area contributed by atoms with Crippen molar-refractivity contribution in [3.63, 3.8) is 0 Å². The summed E-state index contributed by atoms with van der Waals surface area (Å²) in [6.45, 7) is 8.65. The van der Waals surface area contributed by atoms with Gasteiger partial charge in [-0.2, -0.15) is 0 Å². The molecule has 3 N–H and O–H groups in total. The number of carbonyl (C=O) groups excluding carboxylic acids is 4. The molecule has 2 saturated heterocycles. The van der Waals surface area contributed by atoms with Gasteiger partial charge in [-0.1, -0.05) is 33.3 Å². The zero-order chi connectivity index (χ0) is 28.8. The minimum Gasteiger partial charge on any atom is -0.505 e. The van der Waals surface area contributed by atoms with Crippen LogP contribution < -0.4 is 0 Å². The molecule has 0 aromatic rings. The molecule has 2 aliphatic heterocycles. The summed E-state index contributed by atoms with van der Waals surface area (Å²) in [5.74, 6) is -7.13. The van der Waals surface area contributed by atoms with Gasteiger partial charge in [0.15, 0.2) is 5.76 Å². The van der Waals surface area contributed by atoms with Crippen molar-refractivity contribution >= 4 is 23.7 Å². The van der Waals surface area contributed by atoms with Crippen molar-refractivity contribution in [3.05, 3.63) is 23.5 Å². The van der Waals surface area contributed by atoms with E-state index in [1.165, 1.54) is 12.2 Å². The minimum atomic E-state index is -2.27. The Kier molecular flexibility index (Phi) is 6.32. The van der Waals surface area contributed by atoms with E-state index < -0.39 is 88.1 Å². The van der Waals surface area contributed by atoms with Crippen LogP contribution in [0.1, 0.15) is 41.0 Å². The fourth-order valence-electron chi connectivity index (χ4n) is 8.35.